The second-order valence-corrected chi connectivity index (χ2v) is 14.2. The number of nitrogens with zero attached hydrogens (tertiary/aromatic N) is 7. The first-order valence-electron chi connectivity index (χ1n) is 17.0. The Balaban J connectivity index is 1.13. The van der Waals surface area contributed by atoms with Crippen LogP contribution in [0.3, 0.4) is 0 Å². The number of piperidine rings is 1. The van der Waals surface area contributed by atoms with Gasteiger partial charge in [0.1, 0.15) is 11.4 Å². The number of carbonyl (C=O) groups is 1. The zero-order chi connectivity index (χ0) is 34.7. The summed E-state index contributed by atoms with van der Waals surface area (Å²) in [7, 11) is 0. The Hall–Kier alpha value is -5.36. The van der Waals surface area contributed by atoms with Crippen LogP contribution in [0.25, 0.3) is 44.5 Å². The van der Waals surface area contributed by atoms with Crippen LogP contribution in [0.5, 0.6) is 0 Å². The van der Waals surface area contributed by atoms with Gasteiger partial charge in [-0.25, -0.2) is 18.7 Å². The number of aliphatic hydroxyl groups is 1. The Morgan fingerprint density at radius 3 is 2.58 bits per heavy atom. The molecule has 1 amide bonds. The standard InChI is InChI=1S/C38H38FN7O4/c1-38(2,3)50-37(49)43-14-11-27(12-15-43)45-20-26(19-41-45)31-21-46-33(9-13-40-46)35(42-31)28-5-4-6-32(29(28)22-47)44-16-10-24-17-25(23-7-8-23)18-30(39)34(24)36(44)48/h4-6,9-10,13,16-21,23,27,47H,7-8,11-12,14-15,22H2,1-3H3. The summed E-state index contributed by atoms with van der Waals surface area (Å²) in [5.74, 6) is -0.175. The van der Waals surface area contributed by atoms with Crippen LogP contribution < -0.4 is 5.56 Å². The molecule has 1 N–H and O–H groups in total. The Bertz CT molecular complexity index is 2320. The third-order valence-electron chi connectivity index (χ3n) is 9.63. The van der Waals surface area contributed by atoms with Gasteiger partial charge >= 0.3 is 6.09 Å². The van der Waals surface area contributed by atoms with Crippen molar-refractivity contribution >= 4 is 22.4 Å². The van der Waals surface area contributed by atoms with Crippen LogP contribution in [0.15, 0.2) is 78.2 Å². The molecule has 0 atom stereocenters. The molecule has 11 nitrogen and oxygen atoms in total. The van der Waals surface area contributed by atoms with Crippen molar-refractivity contribution in [1.29, 1.82) is 0 Å². The van der Waals surface area contributed by atoms with Gasteiger partial charge in [0.25, 0.3) is 5.56 Å². The minimum atomic E-state index is -0.543. The van der Waals surface area contributed by atoms with Crippen molar-refractivity contribution in [3.8, 4) is 28.2 Å². The van der Waals surface area contributed by atoms with Crippen molar-refractivity contribution in [1.82, 2.24) is 33.8 Å². The van der Waals surface area contributed by atoms with E-state index in [4.69, 9.17) is 9.72 Å². The van der Waals surface area contributed by atoms with Crippen LogP contribution in [-0.2, 0) is 11.3 Å². The minimum absolute atomic E-state index is 0.0250. The number of halogens is 1. The lowest BCUT2D eigenvalue weighted by Gasteiger charge is -2.33. The van der Waals surface area contributed by atoms with E-state index >= 15 is 4.39 Å². The smallest absolute Gasteiger partial charge is 0.410 e. The molecule has 2 aliphatic rings. The zero-order valence-electron chi connectivity index (χ0n) is 28.2. The minimum Gasteiger partial charge on any atom is -0.444 e. The molecule has 6 aromatic rings. The number of hydrogen-bond donors (Lipinski definition) is 1. The van der Waals surface area contributed by atoms with Crippen LogP contribution in [0.1, 0.15) is 69.5 Å². The molecule has 1 saturated carbocycles. The van der Waals surface area contributed by atoms with Crippen LogP contribution in [0.2, 0.25) is 0 Å². The van der Waals surface area contributed by atoms with Gasteiger partial charge in [0.2, 0.25) is 0 Å². The third kappa shape index (κ3) is 5.83. The molecule has 1 aliphatic heterocycles. The number of fused-ring (bicyclic) bond motifs is 2. The molecule has 0 unspecified atom stereocenters. The van der Waals surface area contributed by atoms with E-state index < -0.39 is 17.0 Å². The fourth-order valence-electron chi connectivity index (χ4n) is 6.95. The third-order valence-corrected chi connectivity index (χ3v) is 9.63. The van der Waals surface area contributed by atoms with E-state index in [1.165, 1.54) is 10.6 Å². The number of ether oxygens (including phenoxy) is 1. The van der Waals surface area contributed by atoms with Crippen LogP contribution >= 0.6 is 0 Å². The molecule has 4 aromatic heterocycles. The second kappa shape index (κ2) is 12.2. The number of carbonyl (C=O) groups excluding carboxylic acids is 1. The molecule has 50 heavy (non-hydrogen) atoms. The van der Waals surface area contributed by atoms with Gasteiger partial charge in [0, 0.05) is 42.2 Å². The van der Waals surface area contributed by atoms with Gasteiger partial charge < -0.3 is 14.7 Å². The first-order chi connectivity index (χ1) is 24.1. The van der Waals surface area contributed by atoms with Crippen molar-refractivity contribution < 1.29 is 19.0 Å². The van der Waals surface area contributed by atoms with E-state index in [2.05, 4.69) is 10.2 Å². The molecule has 1 saturated heterocycles. The monoisotopic (exact) mass is 675 g/mol. The normalized spacial score (nSPS) is 15.7. The summed E-state index contributed by atoms with van der Waals surface area (Å²) in [5.41, 5.74) is 4.12. The zero-order valence-corrected chi connectivity index (χ0v) is 28.2. The van der Waals surface area contributed by atoms with Crippen LogP contribution in [0.4, 0.5) is 9.18 Å². The molecule has 8 rings (SSSR count). The molecule has 0 spiro atoms. The number of aliphatic hydroxyl groups excluding tert-OH is 1. The second-order valence-electron chi connectivity index (χ2n) is 14.2. The van der Waals surface area contributed by atoms with E-state index in [0.29, 0.717) is 58.1 Å². The predicted octanol–water partition coefficient (Wildman–Crippen LogP) is 6.64. The fraction of sp³-hybridized carbons (Fsp3) is 0.342. The summed E-state index contributed by atoms with van der Waals surface area (Å²) >= 11 is 0. The molecule has 2 aromatic carbocycles. The van der Waals surface area contributed by atoms with E-state index in [0.717, 1.165) is 36.8 Å². The lowest BCUT2D eigenvalue weighted by atomic mass is 10.0. The first-order valence-corrected chi connectivity index (χ1v) is 17.0. The molecule has 12 heteroatoms. The Morgan fingerprint density at radius 1 is 1.04 bits per heavy atom. The molecule has 5 heterocycles. The maximum atomic E-state index is 15.4. The van der Waals surface area contributed by atoms with E-state index in [9.17, 15) is 14.7 Å². The first kappa shape index (κ1) is 31.9. The summed E-state index contributed by atoms with van der Waals surface area (Å²) in [6.45, 7) is 6.36. The predicted molar refractivity (Wildman–Crippen MR) is 187 cm³/mol. The number of pyridine rings is 1. The van der Waals surface area contributed by atoms with Gasteiger partial charge in [0.05, 0.1) is 59.2 Å². The average Bonchev–Trinajstić information content (AvgIpc) is 3.63. The quantitative estimate of drug-likeness (QED) is 0.210. The molecule has 256 valence electrons. The van der Waals surface area contributed by atoms with Crippen molar-refractivity contribution in [2.75, 3.05) is 13.1 Å². The Kier molecular flexibility index (Phi) is 7.78. The number of aromatic nitrogens is 6. The molecule has 1 aliphatic carbocycles. The number of amides is 1. The topological polar surface area (TPSA) is 120 Å². The van der Waals surface area contributed by atoms with E-state index in [-0.39, 0.29) is 24.1 Å². The average molecular weight is 676 g/mol. The maximum Gasteiger partial charge on any atom is 0.410 e. The Morgan fingerprint density at radius 2 is 1.84 bits per heavy atom. The van der Waals surface area contributed by atoms with Crippen molar-refractivity contribution in [2.24, 2.45) is 0 Å². The Labute approximate surface area is 287 Å². The van der Waals surface area contributed by atoms with Gasteiger partial charge in [-0.2, -0.15) is 10.2 Å². The van der Waals surface area contributed by atoms with Gasteiger partial charge in [-0.1, -0.05) is 18.2 Å². The number of hydrogen-bond acceptors (Lipinski definition) is 7. The van der Waals surface area contributed by atoms with Gasteiger partial charge in [-0.05, 0) is 87.6 Å². The van der Waals surface area contributed by atoms with Gasteiger partial charge in [0.15, 0.2) is 0 Å². The molecular weight excluding hydrogens is 637 g/mol. The number of benzene rings is 2. The van der Waals surface area contributed by atoms with Crippen LogP contribution in [0, 0.1) is 5.82 Å². The molecular formula is C38H38FN7O4. The highest BCUT2D eigenvalue weighted by Crippen LogP contribution is 2.41. The lowest BCUT2D eigenvalue weighted by molar-refractivity contribution is 0.0184. The summed E-state index contributed by atoms with van der Waals surface area (Å²) in [5, 5.41) is 20.5. The lowest BCUT2D eigenvalue weighted by Crippen LogP contribution is -2.42. The largest absolute Gasteiger partial charge is 0.444 e. The number of likely N-dealkylation sites (tertiary alicyclic amines) is 1. The SMILES string of the molecule is CC(C)(C)OC(=O)N1CCC(n2cc(-c3cn4nccc4c(-c4cccc(-n5ccc6cc(C7CC7)cc(F)c6c5=O)c4CO)n3)cn2)CC1. The highest BCUT2D eigenvalue weighted by atomic mass is 19.1. The summed E-state index contributed by atoms with van der Waals surface area (Å²) in [4.78, 5) is 33.2. The van der Waals surface area contributed by atoms with Crippen molar-refractivity contribution in [3.63, 3.8) is 0 Å². The summed E-state index contributed by atoms with van der Waals surface area (Å²) in [6.07, 6.45) is 12.1. The van der Waals surface area contributed by atoms with E-state index in [1.54, 1.807) is 46.2 Å². The molecule has 0 radical (unpaired) electrons. The van der Waals surface area contributed by atoms with Crippen molar-refractivity contribution in [3.05, 3.63) is 101 Å². The highest BCUT2D eigenvalue weighted by molar-refractivity contribution is 5.85. The highest BCUT2D eigenvalue weighted by Gasteiger charge is 2.29. The fourth-order valence-corrected chi connectivity index (χ4v) is 6.95. The summed E-state index contributed by atoms with van der Waals surface area (Å²) < 4.78 is 26.0. The van der Waals surface area contributed by atoms with Gasteiger partial charge in [-0.3, -0.25) is 14.0 Å². The molecule has 2 fully saturated rings. The maximum absolute atomic E-state index is 15.4. The van der Waals surface area contributed by atoms with Gasteiger partial charge in [-0.15, -0.1) is 0 Å². The van der Waals surface area contributed by atoms with E-state index in [1.807, 2.05) is 56.0 Å². The van der Waals surface area contributed by atoms with Crippen molar-refractivity contribution in [2.45, 2.75) is 70.6 Å². The summed E-state index contributed by atoms with van der Waals surface area (Å²) in [6, 6.07) is 12.5. The number of rotatable bonds is 6. The van der Waals surface area contributed by atoms with Crippen LogP contribution in [-0.4, -0.2) is 63.7 Å². The molecule has 0 bridgehead atoms.